The Labute approximate surface area is 132 Å². The van der Waals surface area contributed by atoms with Crippen molar-refractivity contribution in [3.63, 3.8) is 0 Å². The van der Waals surface area contributed by atoms with Crippen LogP contribution in [-0.4, -0.2) is 0 Å². The fraction of sp³-hybridized carbons (Fsp3) is 0.118. The van der Waals surface area contributed by atoms with E-state index in [2.05, 4.69) is 40.3 Å². The Hall–Kier alpha value is -1.93. The lowest BCUT2D eigenvalue weighted by atomic mass is 10.1. The maximum Gasteiger partial charge on any atom is 0.0991 e. The summed E-state index contributed by atoms with van der Waals surface area (Å²) in [5, 5.41) is 16.6. The summed E-state index contributed by atoms with van der Waals surface area (Å²) in [6.07, 6.45) is 0. The Bertz CT molecular complexity index is 751. The molecule has 1 N–H and O–H groups in total. The van der Waals surface area contributed by atoms with Crippen molar-refractivity contribution in [2.75, 3.05) is 0 Å². The van der Waals surface area contributed by atoms with Crippen LogP contribution in [0.5, 0.6) is 0 Å². The molecule has 2 nitrogen and oxygen atoms in total. The van der Waals surface area contributed by atoms with E-state index in [9.17, 15) is 0 Å². The third-order valence-corrected chi connectivity index (χ3v) is 5.00. The first-order chi connectivity index (χ1) is 10.3. The number of nitrogens with zero attached hydrogens (tertiary/aromatic N) is 1. The molecule has 1 aromatic carbocycles. The summed E-state index contributed by atoms with van der Waals surface area (Å²) in [6, 6.07) is 16.4. The van der Waals surface area contributed by atoms with Crippen LogP contribution < -0.4 is 5.32 Å². The van der Waals surface area contributed by atoms with Gasteiger partial charge in [-0.2, -0.15) is 5.26 Å². The number of benzene rings is 1. The molecule has 0 aliphatic carbocycles. The summed E-state index contributed by atoms with van der Waals surface area (Å²) in [5.74, 6) is 0. The maximum atomic E-state index is 8.89. The standard InChI is InChI=1S/C17H14N2S2/c18-9-13-3-1-4-14(7-13)10-19-11-16-8-15(12-21-16)17-5-2-6-20-17/h1-8,12,19H,10-11H2. The number of rotatable bonds is 5. The second-order valence-corrected chi connectivity index (χ2v) is 6.64. The van der Waals surface area contributed by atoms with Crippen molar-refractivity contribution in [1.82, 2.24) is 5.32 Å². The smallest absolute Gasteiger partial charge is 0.0991 e. The van der Waals surface area contributed by atoms with Gasteiger partial charge >= 0.3 is 0 Å². The molecular formula is C17H14N2S2. The molecule has 2 aromatic heterocycles. The predicted molar refractivity (Wildman–Crippen MR) is 89.3 cm³/mol. The van der Waals surface area contributed by atoms with Gasteiger partial charge in [-0.05, 0) is 40.6 Å². The molecule has 0 saturated heterocycles. The highest BCUT2D eigenvalue weighted by molar-refractivity contribution is 7.14. The average Bonchev–Trinajstić information content (AvgIpc) is 3.18. The monoisotopic (exact) mass is 310 g/mol. The largest absolute Gasteiger partial charge is 0.308 e. The van der Waals surface area contributed by atoms with Crippen LogP contribution in [0.3, 0.4) is 0 Å². The fourth-order valence-corrected chi connectivity index (χ4v) is 3.77. The number of hydrogen-bond donors (Lipinski definition) is 1. The molecule has 4 heteroatoms. The Morgan fingerprint density at radius 2 is 2.00 bits per heavy atom. The first kappa shape index (κ1) is 14.0. The van der Waals surface area contributed by atoms with Gasteiger partial charge in [0.2, 0.25) is 0 Å². The van der Waals surface area contributed by atoms with E-state index in [-0.39, 0.29) is 0 Å². The van der Waals surface area contributed by atoms with Gasteiger partial charge in [-0.25, -0.2) is 0 Å². The van der Waals surface area contributed by atoms with Crippen molar-refractivity contribution in [3.05, 3.63) is 69.2 Å². The second kappa shape index (κ2) is 6.68. The summed E-state index contributed by atoms with van der Waals surface area (Å²) < 4.78 is 0. The first-order valence-electron chi connectivity index (χ1n) is 6.66. The Morgan fingerprint density at radius 3 is 2.81 bits per heavy atom. The van der Waals surface area contributed by atoms with E-state index in [1.54, 1.807) is 22.7 Å². The number of nitriles is 1. The third-order valence-electron chi connectivity index (χ3n) is 3.14. The minimum absolute atomic E-state index is 0.713. The molecule has 0 aliphatic heterocycles. The molecule has 104 valence electrons. The van der Waals surface area contributed by atoms with Crippen molar-refractivity contribution >= 4 is 22.7 Å². The molecule has 0 radical (unpaired) electrons. The van der Waals surface area contributed by atoms with Crippen molar-refractivity contribution in [1.29, 1.82) is 5.26 Å². The highest BCUT2D eigenvalue weighted by Crippen LogP contribution is 2.29. The fourth-order valence-electron chi connectivity index (χ4n) is 2.13. The van der Waals surface area contributed by atoms with Crippen LogP contribution in [0.2, 0.25) is 0 Å². The van der Waals surface area contributed by atoms with Crippen LogP contribution in [0.25, 0.3) is 10.4 Å². The zero-order valence-corrected chi connectivity index (χ0v) is 13.0. The highest BCUT2D eigenvalue weighted by atomic mass is 32.1. The summed E-state index contributed by atoms with van der Waals surface area (Å²) in [6.45, 7) is 1.63. The van der Waals surface area contributed by atoms with Gasteiger partial charge in [0.25, 0.3) is 0 Å². The van der Waals surface area contributed by atoms with Crippen LogP contribution >= 0.6 is 22.7 Å². The zero-order valence-electron chi connectivity index (χ0n) is 11.4. The van der Waals surface area contributed by atoms with E-state index in [4.69, 9.17) is 5.26 Å². The molecule has 3 rings (SSSR count). The molecule has 0 saturated carbocycles. The molecule has 21 heavy (non-hydrogen) atoms. The molecule has 0 unspecified atom stereocenters. The van der Waals surface area contributed by atoms with Crippen LogP contribution in [0, 0.1) is 11.3 Å². The van der Waals surface area contributed by atoms with E-state index in [1.165, 1.54) is 15.3 Å². The third kappa shape index (κ3) is 3.59. The van der Waals surface area contributed by atoms with Crippen LogP contribution in [0.1, 0.15) is 16.0 Å². The van der Waals surface area contributed by atoms with Gasteiger partial charge in [-0.1, -0.05) is 18.2 Å². The average molecular weight is 310 g/mol. The topological polar surface area (TPSA) is 35.8 Å². The molecule has 0 bridgehead atoms. The lowest BCUT2D eigenvalue weighted by molar-refractivity contribution is 0.701. The molecule has 0 amide bonds. The molecule has 0 spiro atoms. The van der Waals surface area contributed by atoms with E-state index < -0.39 is 0 Å². The van der Waals surface area contributed by atoms with Crippen molar-refractivity contribution < 1.29 is 0 Å². The maximum absolute atomic E-state index is 8.89. The highest BCUT2D eigenvalue weighted by Gasteiger charge is 2.03. The lowest BCUT2D eigenvalue weighted by Gasteiger charge is -2.03. The Kier molecular flexibility index (Phi) is 4.46. The van der Waals surface area contributed by atoms with E-state index in [0.29, 0.717) is 5.56 Å². The van der Waals surface area contributed by atoms with Crippen LogP contribution in [-0.2, 0) is 13.1 Å². The summed E-state index contributed by atoms with van der Waals surface area (Å²) in [5.41, 5.74) is 3.16. The van der Waals surface area contributed by atoms with Gasteiger partial charge in [0, 0.05) is 28.4 Å². The molecule has 2 heterocycles. The Morgan fingerprint density at radius 1 is 1.05 bits per heavy atom. The zero-order chi connectivity index (χ0) is 14.5. The van der Waals surface area contributed by atoms with E-state index in [0.717, 1.165) is 18.7 Å². The minimum atomic E-state index is 0.713. The number of nitrogens with one attached hydrogen (secondary N) is 1. The van der Waals surface area contributed by atoms with Gasteiger partial charge in [0.1, 0.15) is 0 Å². The molecular weight excluding hydrogens is 296 g/mol. The van der Waals surface area contributed by atoms with E-state index >= 15 is 0 Å². The number of hydrogen-bond acceptors (Lipinski definition) is 4. The molecule has 0 aliphatic rings. The second-order valence-electron chi connectivity index (χ2n) is 4.69. The van der Waals surface area contributed by atoms with Gasteiger partial charge in [-0.3, -0.25) is 0 Å². The summed E-state index contributed by atoms with van der Waals surface area (Å²) >= 11 is 3.55. The molecule has 3 aromatic rings. The lowest BCUT2D eigenvalue weighted by Crippen LogP contribution is -2.11. The summed E-state index contributed by atoms with van der Waals surface area (Å²) in [4.78, 5) is 2.65. The van der Waals surface area contributed by atoms with Gasteiger partial charge in [0.05, 0.1) is 11.6 Å². The van der Waals surface area contributed by atoms with Crippen molar-refractivity contribution in [3.8, 4) is 16.5 Å². The molecule has 0 atom stereocenters. The quantitative estimate of drug-likeness (QED) is 0.745. The van der Waals surface area contributed by atoms with Gasteiger partial charge < -0.3 is 5.32 Å². The van der Waals surface area contributed by atoms with Crippen molar-refractivity contribution in [2.45, 2.75) is 13.1 Å². The van der Waals surface area contributed by atoms with Gasteiger partial charge in [0.15, 0.2) is 0 Å². The predicted octanol–water partition coefficient (Wildman–Crippen LogP) is 4.64. The minimum Gasteiger partial charge on any atom is -0.308 e. The molecule has 0 fully saturated rings. The van der Waals surface area contributed by atoms with Crippen molar-refractivity contribution in [2.24, 2.45) is 0 Å². The number of thiophene rings is 2. The summed E-state index contributed by atoms with van der Waals surface area (Å²) in [7, 11) is 0. The normalized spacial score (nSPS) is 10.4. The van der Waals surface area contributed by atoms with Crippen LogP contribution in [0.15, 0.2) is 53.2 Å². The first-order valence-corrected chi connectivity index (χ1v) is 8.42. The Balaban J connectivity index is 1.57. The SMILES string of the molecule is N#Cc1cccc(CNCc2cc(-c3cccs3)cs2)c1. The van der Waals surface area contributed by atoms with E-state index in [1.807, 2.05) is 24.3 Å². The van der Waals surface area contributed by atoms with Gasteiger partial charge in [-0.15, -0.1) is 22.7 Å². The van der Waals surface area contributed by atoms with Crippen LogP contribution in [0.4, 0.5) is 0 Å².